The van der Waals surface area contributed by atoms with Crippen LogP contribution in [0.3, 0.4) is 0 Å². The Morgan fingerprint density at radius 3 is 2.21 bits per heavy atom. The highest BCUT2D eigenvalue weighted by molar-refractivity contribution is 6.84. The van der Waals surface area contributed by atoms with Crippen LogP contribution in [-0.4, -0.2) is 25.5 Å². The molecule has 1 aromatic carbocycles. The second kappa shape index (κ2) is 8.12. The van der Waals surface area contributed by atoms with E-state index in [-0.39, 0.29) is 11.0 Å². The highest BCUT2D eigenvalue weighted by Crippen LogP contribution is 2.45. The van der Waals surface area contributed by atoms with Gasteiger partial charge in [-0.1, -0.05) is 63.7 Å². The van der Waals surface area contributed by atoms with Gasteiger partial charge in [-0.2, -0.15) is 0 Å². The average molecular weight is 349 g/mol. The minimum absolute atomic E-state index is 0.00734. The van der Waals surface area contributed by atoms with Crippen molar-refractivity contribution in [3.8, 4) is 0 Å². The molecule has 1 aromatic rings. The van der Waals surface area contributed by atoms with Crippen molar-refractivity contribution in [3.63, 3.8) is 0 Å². The first kappa shape index (κ1) is 20.7. The fourth-order valence-corrected chi connectivity index (χ4v) is 6.62. The van der Waals surface area contributed by atoms with Crippen molar-refractivity contribution in [1.82, 2.24) is 0 Å². The molecule has 0 saturated carbocycles. The van der Waals surface area contributed by atoms with Gasteiger partial charge in [-0.05, 0) is 30.5 Å². The Bertz CT molecular complexity index is 562. The molecular formula is C20H32O3Si. The van der Waals surface area contributed by atoms with Gasteiger partial charge in [0.2, 0.25) is 0 Å². The summed E-state index contributed by atoms with van der Waals surface area (Å²) in [5.41, 5.74) is 1.16. The van der Waals surface area contributed by atoms with E-state index in [9.17, 15) is 4.79 Å². The summed E-state index contributed by atoms with van der Waals surface area (Å²) in [7, 11) is -2.19. The molecule has 0 aliphatic heterocycles. The molecule has 0 amide bonds. The van der Waals surface area contributed by atoms with E-state index in [0.717, 1.165) is 5.56 Å². The van der Waals surface area contributed by atoms with Gasteiger partial charge in [-0.15, -0.1) is 0 Å². The Labute approximate surface area is 148 Å². The standard InChI is InChI=1S/C20H32O3Si/c1-8-14-20(6,23-17(2)21)24(7,19(3,4)5)16-22-15-18-12-10-9-11-13-18/h8-14H,15-16H2,1-7H3/b14-8-/t20-,24+/m1/s1. The second-order valence-corrected chi connectivity index (χ2v) is 13.2. The van der Waals surface area contributed by atoms with E-state index in [1.165, 1.54) is 6.92 Å². The van der Waals surface area contributed by atoms with Crippen LogP contribution in [0.25, 0.3) is 0 Å². The lowest BCUT2D eigenvalue weighted by Crippen LogP contribution is -2.64. The van der Waals surface area contributed by atoms with E-state index in [0.29, 0.717) is 12.8 Å². The van der Waals surface area contributed by atoms with Crippen LogP contribution in [0.2, 0.25) is 11.6 Å². The van der Waals surface area contributed by atoms with Gasteiger partial charge in [0.05, 0.1) is 6.61 Å². The quantitative estimate of drug-likeness (QED) is 0.392. The molecule has 134 valence electrons. The summed E-state index contributed by atoms with van der Waals surface area (Å²) in [4.78, 5) is 11.7. The molecule has 3 nitrogen and oxygen atoms in total. The summed E-state index contributed by atoms with van der Waals surface area (Å²) in [6.07, 6.45) is 4.62. The Morgan fingerprint density at radius 2 is 1.75 bits per heavy atom. The molecule has 0 bridgehead atoms. The van der Waals surface area contributed by atoms with Gasteiger partial charge >= 0.3 is 5.97 Å². The molecule has 0 heterocycles. The van der Waals surface area contributed by atoms with Gasteiger partial charge < -0.3 is 9.47 Å². The molecule has 0 N–H and O–H groups in total. The van der Waals surface area contributed by atoms with Crippen LogP contribution < -0.4 is 0 Å². The smallest absolute Gasteiger partial charge is 0.303 e. The van der Waals surface area contributed by atoms with Crippen molar-refractivity contribution in [2.45, 2.75) is 65.0 Å². The van der Waals surface area contributed by atoms with Crippen LogP contribution in [0.1, 0.15) is 47.1 Å². The van der Waals surface area contributed by atoms with Crippen molar-refractivity contribution in [2.75, 3.05) is 6.23 Å². The lowest BCUT2D eigenvalue weighted by Gasteiger charge is -2.49. The topological polar surface area (TPSA) is 35.5 Å². The fourth-order valence-electron chi connectivity index (χ4n) is 3.00. The van der Waals surface area contributed by atoms with Gasteiger partial charge in [0, 0.05) is 13.2 Å². The highest BCUT2D eigenvalue weighted by Gasteiger charge is 2.55. The van der Waals surface area contributed by atoms with Crippen molar-refractivity contribution < 1.29 is 14.3 Å². The lowest BCUT2D eigenvalue weighted by molar-refractivity contribution is -0.146. The molecule has 0 radical (unpaired) electrons. The molecule has 0 unspecified atom stereocenters. The van der Waals surface area contributed by atoms with E-state index in [1.54, 1.807) is 0 Å². The zero-order chi connectivity index (χ0) is 18.4. The Kier molecular flexibility index (Phi) is 6.99. The summed E-state index contributed by atoms with van der Waals surface area (Å²) in [6.45, 7) is 15.0. The number of allylic oxidation sites excluding steroid dienone is 1. The molecule has 24 heavy (non-hydrogen) atoms. The van der Waals surface area contributed by atoms with Gasteiger partial charge in [0.25, 0.3) is 0 Å². The first-order valence-electron chi connectivity index (χ1n) is 8.51. The van der Waals surface area contributed by atoms with E-state index >= 15 is 0 Å². The molecular weight excluding hydrogens is 316 g/mol. The normalized spacial score (nSPS) is 17.3. The van der Waals surface area contributed by atoms with Gasteiger partial charge in [0.1, 0.15) is 13.3 Å². The molecule has 0 aromatic heterocycles. The van der Waals surface area contributed by atoms with Crippen molar-refractivity contribution in [1.29, 1.82) is 0 Å². The molecule has 2 atom stereocenters. The summed E-state index contributed by atoms with van der Waals surface area (Å²) >= 11 is 0. The average Bonchev–Trinajstić information content (AvgIpc) is 2.46. The minimum Gasteiger partial charge on any atom is -0.459 e. The highest BCUT2D eigenvalue weighted by atomic mass is 28.3. The first-order chi connectivity index (χ1) is 11.1. The molecule has 0 aliphatic rings. The van der Waals surface area contributed by atoms with Crippen molar-refractivity contribution in [3.05, 3.63) is 48.0 Å². The largest absolute Gasteiger partial charge is 0.459 e. The van der Waals surface area contributed by atoms with E-state index in [2.05, 4.69) is 39.5 Å². The van der Waals surface area contributed by atoms with Crippen molar-refractivity contribution in [2.24, 2.45) is 0 Å². The van der Waals surface area contributed by atoms with E-state index in [4.69, 9.17) is 9.47 Å². The number of hydrogen-bond donors (Lipinski definition) is 0. The number of benzene rings is 1. The Hall–Kier alpha value is -1.39. The predicted molar refractivity (Wildman–Crippen MR) is 102 cm³/mol. The monoisotopic (exact) mass is 348 g/mol. The fraction of sp³-hybridized carbons (Fsp3) is 0.550. The van der Waals surface area contributed by atoms with Crippen LogP contribution in [0.5, 0.6) is 0 Å². The predicted octanol–water partition coefficient (Wildman–Crippen LogP) is 5.06. The number of hydrogen-bond acceptors (Lipinski definition) is 3. The SMILES string of the molecule is C/C=C\[C@](C)(OC(C)=O)[Si@@](C)(COCc1ccccc1)C(C)(C)C. The van der Waals surface area contributed by atoms with Crippen LogP contribution in [-0.2, 0) is 20.9 Å². The maximum Gasteiger partial charge on any atom is 0.303 e. The number of carbonyl (C=O) groups excluding carboxylic acids is 1. The summed E-state index contributed by atoms with van der Waals surface area (Å²) in [6, 6.07) is 10.2. The zero-order valence-electron chi connectivity index (χ0n) is 16.2. The summed E-state index contributed by atoms with van der Waals surface area (Å²) in [5.74, 6) is -0.248. The zero-order valence-corrected chi connectivity index (χ0v) is 17.2. The number of esters is 1. The van der Waals surface area contributed by atoms with Gasteiger partial charge in [-0.25, -0.2) is 0 Å². The number of rotatable bonds is 7. The molecule has 0 saturated heterocycles. The molecule has 4 heteroatoms. The van der Waals surface area contributed by atoms with Gasteiger partial charge in [-0.3, -0.25) is 4.79 Å². The number of ether oxygens (including phenoxy) is 2. The van der Waals surface area contributed by atoms with Crippen molar-refractivity contribution >= 4 is 14.0 Å². The molecule has 0 aliphatic carbocycles. The second-order valence-electron chi connectivity index (χ2n) is 7.76. The third-order valence-corrected chi connectivity index (χ3v) is 11.6. The molecule has 1 rings (SSSR count). The first-order valence-corrected chi connectivity index (χ1v) is 11.2. The Morgan fingerprint density at radius 1 is 1.17 bits per heavy atom. The maximum atomic E-state index is 11.7. The third kappa shape index (κ3) is 4.80. The molecule has 0 spiro atoms. The van der Waals surface area contributed by atoms with E-state index in [1.807, 2.05) is 44.2 Å². The van der Waals surface area contributed by atoms with Crippen LogP contribution >= 0.6 is 0 Å². The number of carbonyl (C=O) groups is 1. The van der Waals surface area contributed by atoms with E-state index < -0.39 is 13.3 Å². The third-order valence-electron chi connectivity index (χ3n) is 5.09. The molecule has 0 fully saturated rings. The summed E-state index contributed by atoms with van der Waals surface area (Å²) in [5, 5.41) is -0.601. The maximum absolute atomic E-state index is 11.7. The lowest BCUT2D eigenvalue weighted by atomic mass is 10.2. The van der Waals surface area contributed by atoms with Gasteiger partial charge in [0.15, 0.2) is 0 Å². The van der Waals surface area contributed by atoms with Crippen LogP contribution in [0.4, 0.5) is 0 Å². The van der Waals surface area contributed by atoms with Crippen LogP contribution in [0, 0.1) is 0 Å². The minimum atomic E-state index is -2.19. The Balaban J connectivity index is 3.05. The summed E-state index contributed by atoms with van der Waals surface area (Å²) < 4.78 is 12.0. The van der Waals surface area contributed by atoms with Crippen LogP contribution in [0.15, 0.2) is 42.5 Å².